The van der Waals surface area contributed by atoms with Gasteiger partial charge in [-0.15, -0.1) is 0 Å². The lowest BCUT2D eigenvalue weighted by molar-refractivity contribution is -0.131. The molecular weight excluding hydrogens is 264 g/mol. The second kappa shape index (κ2) is 3.96. The van der Waals surface area contributed by atoms with E-state index in [1.165, 1.54) is 4.90 Å². The molecule has 0 spiro atoms. The van der Waals surface area contributed by atoms with Crippen molar-refractivity contribution in [3.8, 4) is 0 Å². The Morgan fingerprint density at radius 3 is 2.62 bits per heavy atom. The maximum absolute atomic E-state index is 12.7. The van der Waals surface area contributed by atoms with Crippen LogP contribution in [0.15, 0.2) is 54.7 Å². The third-order valence-electron chi connectivity index (χ3n) is 4.25. The fourth-order valence-corrected chi connectivity index (χ4v) is 3.17. The summed E-state index contributed by atoms with van der Waals surface area (Å²) in [6, 6.07) is 15.0. The Morgan fingerprint density at radius 2 is 1.76 bits per heavy atom. The predicted octanol–water partition coefficient (Wildman–Crippen LogP) is 2.38. The van der Waals surface area contributed by atoms with Crippen molar-refractivity contribution in [1.82, 2.24) is 4.98 Å². The number of hydrogen-bond donors (Lipinski definition) is 2. The number of amides is 1. The monoisotopic (exact) mass is 278 g/mol. The lowest BCUT2D eigenvalue weighted by Crippen LogP contribution is -2.39. The van der Waals surface area contributed by atoms with Crippen molar-refractivity contribution >= 4 is 22.5 Å². The Kier molecular flexibility index (Phi) is 2.30. The molecule has 3 aromatic rings. The Labute approximate surface area is 121 Å². The van der Waals surface area contributed by atoms with Gasteiger partial charge in [-0.25, -0.2) is 0 Å². The molecule has 0 bridgehead atoms. The van der Waals surface area contributed by atoms with Crippen LogP contribution in [0.4, 0.5) is 5.69 Å². The van der Waals surface area contributed by atoms with Crippen LogP contribution >= 0.6 is 0 Å². The number of aliphatic hydroxyl groups is 1. The number of carbonyl (C=O) groups excluding carboxylic acids is 1. The molecule has 0 radical (unpaired) electrons. The standard InChI is InChI=1S/C17H14N2O2/c1-19-15-9-5-3-7-12(15)17(21,16(19)20)13-10-18-14-8-4-2-6-11(13)14/h2-10,18,21H,1H3/t17-/m1/s1. The molecule has 4 heteroatoms. The van der Waals surface area contributed by atoms with Crippen LogP contribution in [0, 0.1) is 0 Å². The number of nitrogens with zero attached hydrogens (tertiary/aromatic N) is 1. The van der Waals surface area contributed by atoms with Crippen LogP contribution < -0.4 is 4.90 Å². The summed E-state index contributed by atoms with van der Waals surface area (Å²) in [7, 11) is 1.69. The maximum Gasteiger partial charge on any atom is 0.268 e. The second-order valence-electron chi connectivity index (χ2n) is 5.34. The number of rotatable bonds is 1. The third kappa shape index (κ3) is 1.40. The first-order chi connectivity index (χ1) is 10.1. The van der Waals surface area contributed by atoms with Gasteiger partial charge in [0.2, 0.25) is 0 Å². The molecule has 0 fully saturated rings. The van der Waals surface area contributed by atoms with Gasteiger partial charge < -0.3 is 15.0 Å². The Morgan fingerprint density at radius 1 is 1.05 bits per heavy atom. The van der Waals surface area contributed by atoms with Crippen molar-refractivity contribution in [2.75, 3.05) is 11.9 Å². The summed E-state index contributed by atoms with van der Waals surface area (Å²) in [5, 5.41) is 12.1. The van der Waals surface area contributed by atoms with Gasteiger partial charge in [-0.1, -0.05) is 36.4 Å². The van der Waals surface area contributed by atoms with E-state index in [0.29, 0.717) is 11.1 Å². The zero-order valence-electron chi connectivity index (χ0n) is 11.5. The average molecular weight is 278 g/mol. The summed E-state index contributed by atoms with van der Waals surface area (Å²) in [4.78, 5) is 17.3. The number of fused-ring (bicyclic) bond motifs is 2. The van der Waals surface area contributed by atoms with Crippen molar-refractivity contribution in [2.45, 2.75) is 5.60 Å². The number of anilines is 1. The fourth-order valence-electron chi connectivity index (χ4n) is 3.17. The smallest absolute Gasteiger partial charge is 0.268 e. The van der Waals surface area contributed by atoms with Gasteiger partial charge in [-0.05, 0) is 12.1 Å². The van der Waals surface area contributed by atoms with Crippen molar-refractivity contribution in [3.05, 3.63) is 65.9 Å². The minimum Gasteiger partial charge on any atom is -0.372 e. The molecule has 1 atom stereocenters. The van der Waals surface area contributed by atoms with Gasteiger partial charge in [0.05, 0.1) is 5.69 Å². The highest BCUT2D eigenvalue weighted by atomic mass is 16.3. The molecule has 2 N–H and O–H groups in total. The topological polar surface area (TPSA) is 56.3 Å². The molecule has 0 unspecified atom stereocenters. The van der Waals surface area contributed by atoms with Crippen molar-refractivity contribution in [1.29, 1.82) is 0 Å². The molecule has 1 aromatic heterocycles. The quantitative estimate of drug-likeness (QED) is 0.718. The van der Waals surface area contributed by atoms with E-state index >= 15 is 0 Å². The Hall–Kier alpha value is -2.59. The van der Waals surface area contributed by atoms with Crippen LogP contribution in [-0.2, 0) is 10.4 Å². The van der Waals surface area contributed by atoms with E-state index in [9.17, 15) is 9.90 Å². The van der Waals surface area contributed by atoms with Gasteiger partial charge in [-0.3, -0.25) is 4.79 Å². The minimum absolute atomic E-state index is 0.326. The summed E-state index contributed by atoms with van der Waals surface area (Å²) >= 11 is 0. The number of benzene rings is 2. The Balaban J connectivity index is 2.05. The lowest BCUT2D eigenvalue weighted by atomic mass is 9.87. The largest absolute Gasteiger partial charge is 0.372 e. The maximum atomic E-state index is 12.7. The molecule has 1 aliphatic rings. The molecule has 2 heterocycles. The number of H-pyrrole nitrogens is 1. The molecule has 4 nitrogen and oxygen atoms in total. The molecule has 4 rings (SSSR count). The molecule has 1 aliphatic heterocycles. The van der Waals surface area contributed by atoms with Gasteiger partial charge >= 0.3 is 0 Å². The molecule has 0 saturated carbocycles. The summed E-state index contributed by atoms with van der Waals surface area (Å²) < 4.78 is 0. The zero-order valence-corrected chi connectivity index (χ0v) is 11.5. The van der Waals surface area contributed by atoms with Crippen LogP contribution in [0.1, 0.15) is 11.1 Å². The highest BCUT2D eigenvalue weighted by Gasteiger charge is 2.50. The first kappa shape index (κ1) is 12.2. The first-order valence-corrected chi connectivity index (χ1v) is 6.80. The van der Waals surface area contributed by atoms with Crippen LogP contribution in [-0.4, -0.2) is 23.0 Å². The van der Waals surface area contributed by atoms with Gasteiger partial charge in [0.1, 0.15) is 0 Å². The minimum atomic E-state index is -1.63. The summed E-state index contributed by atoms with van der Waals surface area (Å²) in [6.45, 7) is 0. The number of likely N-dealkylation sites (N-methyl/N-ethyl adjacent to an activating group) is 1. The van der Waals surface area contributed by atoms with Gasteiger partial charge in [0.25, 0.3) is 5.91 Å². The molecule has 0 aliphatic carbocycles. The number of hydrogen-bond acceptors (Lipinski definition) is 2. The van der Waals surface area contributed by atoms with E-state index in [4.69, 9.17) is 0 Å². The van der Waals surface area contributed by atoms with Crippen LogP contribution in [0.3, 0.4) is 0 Å². The van der Waals surface area contributed by atoms with Crippen molar-refractivity contribution < 1.29 is 9.90 Å². The van der Waals surface area contributed by atoms with Gasteiger partial charge in [0, 0.05) is 35.3 Å². The van der Waals surface area contributed by atoms with E-state index in [1.54, 1.807) is 19.3 Å². The molecule has 21 heavy (non-hydrogen) atoms. The van der Waals surface area contributed by atoms with Gasteiger partial charge in [0.15, 0.2) is 5.60 Å². The first-order valence-electron chi connectivity index (χ1n) is 6.80. The number of aromatic nitrogens is 1. The normalized spacial score (nSPS) is 21.0. The zero-order chi connectivity index (χ0) is 14.6. The van der Waals surface area contributed by atoms with E-state index in [-0.39, 0.29) is 5.91 Å². The van der Waals surface area contributed by atoms with Gasteiger partial charge in [-0.2, -0.15) is 0 Å². The van der Waals surface area contributed by atoms with E-state index in [2.05, 4.69) is 4.98 Å². The van der Waals surface area contributed by atoms with Crippen LogP contribution in [0.5, 0.6) is 0 Å². The number of nitrogens with one attached hydrogen (secondary N) is 1. The molecule has 104 valence electrons. The van der Waals surface area contributed by atoms with Crippen LogP contribution in [0.25, 0.3) is 10.9 Å². The summed E-state index contributed by atoms with van der Waals surface area (Å²) in [6.07, 6.45) is 1.72. The second-order valence-corrected chi connectivity index (χ2v) is 5.34. The lowest BCUT2D eigenvalue weighted by Gasteiger charge is -2.21. The van der Waals surface area contributed by atoms with E-state index in [1.807, 2.05) is 42.5 Å². The molecule has 1 amide bonds. The number of aromatic amines is 1. The van der Waals surface area contributed by atoms with E-state index < -0.39 is 5.60 Å². The SMILES string of the molecule is CN1C(=O)[C@](O)(c2c[nH]c3ccccc23)c2ccccc21. The van der Waals surface area contributed by atoms with Crippen LogP contribution in [0.2, 0.25) is 0 Å². The highest BCUT2D eigenvalue weighted by molar-refractivity contribution is 6.10. The average Bonchev–Trinajstić information content (AvgIpc) is 3.04. The number of carbonyl (C=O) groups is 1. The summed E-state index contributed by atoms with van der Waals surface area (Å²) in [5.41, 5.74) is 1.24. The van der Waals surface area contributed by atoms with Crippen molar-refractivity contribution in [3.63, 3.8) is 0 Å². The molecule has 0 saturated heterocycles. The predicted molar refractivity (Wildman–Crippen MR) is 81.1 cm³/mol. The number of para-hydroxylation sites is 2. The molecular formula is C17H14N2O2. The van der Waals surface area contributed by atoms with Crippen molar-refractivity contribution in [2.24, 2.45) is 0 Å². The fraction of sp³-hybridized carbons (Fsp3) is 0.118. The van der Waals surface area contributed by atoms with E-state index in [0.717, 1.165) is 16.6 Å². The Bertz CT molecular complexity index is 868. The summed E-state index contributed by atoms with van der Waals surface area (Å²) in [5.74, 6) is -0.326. The highest BCUT2D eigenvalue weighted by Crippen LogP contribution is 2.45. The molecule has 2 aromatic carbocycles. The third-order valence-corrected chi connectivity index (χ3v) is 4.25.